The van der Waals surface area contributed by atoms with Crippen molar-refractivity contribution in [1.82, 2.24) is 19.6 Å². The van der Waals surface area contributed by atoms with E-state index in [-0.39, 0.29) is 29.4 Å². The Morgan fingerprint density at radius 2 is 2.04 bits per heavy atom. The minimum absolute atomic E-state index is 0.00795. The zero-order valence-corrected chi connectivity index (χ0v) is 14.9. The number of rotatable bonds is 5. The van der Waals surface area contributed by atoms with Crippen molar-refractivity contribution in [3.05, 3.63) is 57.9 Å². The number of benzene rings is 1. The zero-order chi connectivity index (χ0) is 19.4. The predicted octanol–water partition coefficient (Wildman–Crippen LogP) is 0.623. The van der Waals surface area contributed by atoms with E-state index in [1.165, 1.54) is 21.6 Å². The fourth-order valence-electron chi connectivity index (χ4n) is 4.19. The second-order valence-electron chi connectivity index (χ2n) is 7.35. The summed E-state index contributed by atoms with van der Waals surface area (Å²) in [6, 6.07) is 6.24. The summed E-state index contributed by atoms with van der Waals surface area (Å²) >= 11 is 0. The molecule has 0 bridgehead atoms. The summed E-state index contributed by atoms with van der Waals surface area (Å²) in [6.45, 7) is 0.719. The Bertz CT molecular complexity index is 1100. The van der Waals surface area contributed by atoms with Crippen LogP contribution >= 0.6 is 0 Å². The number of aliphatic hydroxyl groups excluding tert-OH is 2. The summed E-state index contributed by atoms with van der Waals surface area (Å²) in [5, 5.41) is 28.8. The van der Waals surface area contributed by atoms with Crippen molar-refractivity contribution in [2.75, 3.05) is 19.8 Å². The van der Waals surface area contributed by atoms with Gasteiger partial charge >= 0.3 is 0 Å². The molecule has 9 heteroatoms. The standard InChI is InChI=1S/C19H19FN4O4/c20-14-4-2-1-3-10(14)6-23-18(15(26)7-25)11-5-21-24(19(27)16(11)22-23)17-12-8-28-9-13(12)17/h1-5,12-13,15,17,25-26H,6-9H2/t12-,13+,15?,17-. The van der Waals surface area contributed by atoms with Gasteiger partial charge in [0, 0.05) is 17.4 Å². The summed E-state index contributed by atoms with van der Waals surface area (Å²) in [4.78, 5) is 13.0. The first-order chi connectivity index (χ1) is 13.6. The number of fused-ring (bicyclic) bond motifs is 2. The monoisotopic (exact) mass is 386 g/mol. The molecule has 28 heavy (non-hydrogen) atoms. The molecule has 3 aromatic rings. The average molecular weight is 386 g/mol. The van der Waals surface area contributed by atoms with Gasteiger partial charge in [-0.2, -0.15) is 10.2 Å². The Hall–Kier alpha value is -2.62. The molecule has 0 amide bonds. The third kappa shape index (κ3) is 2.58. The quantitative estimate of drug-likeness (QED) is 0.667. The highest BCUT2D eigenvalue weighted by Crippen LogP contribution is 2.53. The van der Waals surface area contributed by atoms with Gasteiger partial charge in [0.25, 0.3) is 5.56 Å². The maximum atomic E-state index is 14.1. The van der Waals surface area contributed by atoms with Gasteiger partial charge in [0.2, 0.25) is 0 Å². The number of hydrogen-bond acceptors (Lipinski definition) is 6. The van der Waals surface area contributed by atoms with Crippen molar-refractivity contribution in [1.29, 1.82) is 0 Å². The summed E-state index contributed by atoms with van der Waals surface area (Å²) < 4.78 is 22.3. The van der Waals surface area contributed by atoms with Crippen LogP contribution in [0.25, 0.3) is 10.9 Å². The molecule has 2 fully saturated rings. The summed E-state index contributed by atoms with van der Waals surface area (Å²) in [7, 11) is 0. The van der Waals surface area contributed by atoms with Gasteiger partial charge in [-0.05, 0) is 6.07 Å². The first-order valence-corrected chi connectivity index (χ1v) is 9.18. The minimum Gasteiger partial charge on any atom is -0.393 e. The molecule has 1 unspecified atom stereocenters. The number of aromatic nitrogens is 4. The van der Waals surface area contributed by atoms with Crippen LogP contribution in [0.5, 0.6) is 0 Å². The van der Waals surface area contributed by atoms with Crippen molar-refractivity contribution < 1.29 is 19.3 Å². The predicted molar refractivity (Wildman–Crippen MR) is 96.2 cm³/mol. The summed E-state index contributed by atoms with van der Waals surface area (Å²) in [5.41, 5.74) is 0.413. The molecule has 8 nitrogen and oxygen atoms in total. The van der Waals surface area contributed by atoms with Crippen LogP contribution < -0.4 is 5.56 Å². The lowest BCUT2D eigenvalue weighted by molar-refractivity contribution is 0.0896. The van der Waals surface area contributed by atoms with E-state index in [0.29, 0.717) is 36.0 Å². The Balaban J connectivity index is 1.62. The molecule has 146 valence electrons. The van der Waals surface area contributed by atoms with Gasteiger partial charge in [0.1, 0.15) is 11.9 Å². The lowest BCUT2D eigenvalue weighted by atomic mass is 10.1. The number of aliphatic hydroxyl groups is 2. The van der Waals surface area contributed by atoms with E-state index in [1.807, 2.05) is 0 Å². The highest BCUT2D eigenvalue weighted by atomic mass is 19.1. The zero-order valence-electron chi connectivity index (χ0n) is 14.9. The normalized spacial score (nSPS) is 24.5. The van der Waals surface area contributed by atoms with Crippen LogP contribution in [0.2, 0.25) is 0 Å². The molecular weight excluding hydrogens is 367 g/mol. The lowest BCUT2D eigenvalue weighted by Gasteiger charge is -2.12. The van der Waals surface area contributed by atoms with Crippen LogP contribution in [0.3, 0.4) is 0 Å². The van der Waals surface area contributed by atoms with Crippen molar-refractivity contribution >= 4 is 10.9 Å². The van der Waals surface area contributed by atoms with E-state index in [2.05, 4.69) is 10.2 Å². The smallest absolute Gasteiger partial charge is 0.295 e. The third-order valence-electron chi connectivity index (χ3n) is 5.71. The molecule has 1 saturated carbocycles. The fraction of sp³-hybridized carbons (Fsp3) is 0.421. The molecule has 1 aromatic carbocycles. The molecule has 5 rings (SSSR count). The molecule has 3 heterocycles. The molecule has 2 aliphatic rings. The molecule has 1 aliphatic carbocycles. The highest BCUT2D eigenvalue weighted by molar-refractivity contribution is 5.80. The summed E-state index contributed by atoms with van der Waals surface area (Å²) in [6.07, 6.45) is 0.229. The first kappa shape index (κ1) is 17.5. The van der Waals surface area contributed by atoms with Crippen LogP contribution in [-0.2, 0) is 11.3 Å². The molecule has 0 spiro atoms. The molecule has 4 atom stereocenters. The number of nitrogens with zero attached hydrogens (tertiary/aromatic N) is 4. The maximum absolute atomic E-state index is 14.1. The summed E-state index contributed by atoms with van der Waals surface area (Å²) in [5.74, 6) is 0.184. The van der Waals surface area contributed by atoms with Gasteiger partial charge in [-0.3, -0.25) is 9.48 Å². The minimum atomic E-state index is -1.26. The average Bonchev–Trinajstić information content (AvgIpc) is 3.04. The van der Waals surface area contributed by atoms with Crippen molar-refractivity contribution in [3.63, 3.8) is 0 Å². The molecule has 0 radical (unpaired) electrons. The van der Waals surface area contributed by atoms with Crippen LogP contribution in [0.1, 0.15) is 23.4 Å². The van der Waals surface area contributed by atoms with Crippen LogP contribution in [0, 0.1) is 17.7 Å². The van der Waals surface area contributed by atoms with E-state index < -0.39 is 18.5 Å². The number of hydrogen-bond donors (Lipinski definition) is 2. The Morgan fingerprint density at radius 1 is 1.29 bits per heavy atom. The van der Waals surface area contributed by atoms with Crippen LogP contribution in [0.15, 0.2) is 35.3 Å². The maximum Gasteiger partial charge on any atom is 0.295 e. The van der Waals surface area contributed by atoms with E-state index in [0.717, 1.165) is 0 Å². The van der Waals surface area contributed by atoms with Gasteiger partial charge < -0.3 is 14.9 Å². The number of halogens is 1. The largest absolute Gasteiger partial charge is 0.393 e. The van der Waals surface area contributed by atoms with E-state index in [1.54, 1.807) is 18.2 Å². The van der Waals surface area contributed by atoms with E-state index in [9.17, 15) is 19.4 Å². The van der Waals surface area contributed by atoms with Crippen LogP contribution in [-0.4, -0.2) is 49.6 Å². The van der Waals surface area contributed by atoms with Gasteiger partial charge in [0.05, 0.1) is 49.7 Å². The van der Waals surface area contributed by atoms with Crippen molar-refractivity contribution in [2.24, 2.45) is 11.8 Å². The molecule has 1 aliphatic heterocycles. The highest BCUT2D eigenvalue weighted by Gasteiger charge is 2.56. The van der Waals surface area contributed by atoms with Crippen molar-refractivity contribution in [2.45, 2.75) is 18.7 Å². The van der Waals surface area contributed by atoms with Gasteiger partial charge in [0.15, 0.2) is 5.52 Å². The fourth-order valence-corrected chi connectivity index (χ4v) is 4.19. The molecular formula is C19H19FN4O4. The first-order valence-electron chi connectivity index (χ1n) is 9.18. The van der Waals surface area contributed by atoms with E-state index >= 15 is 0 Å². The number of ether oxygens (including phenoxy) is 1. The third-order valence-corrected chi connectivity index (χ3v) is 5.71. The second-order valence-corrected chi connectivity index (χ2v) is 7.35. The Labute approximate surface area is 158 Å². The van der Waals surface area contributed by atoms with Gasteiger partial charge in [-0.15, -0.1) is 0 Å². The topological polar surface area (TPSA) is 102 Å². The van der Waals surface area contributed by atoms with Crippen molar-refractivity contribution in [3.8, 4) is 0 Å². The lowest BCUT2D eigenvalue weighted by Crippen LogP contribution is -2.24. The van der Waals surface area contributed by atoms with Gasteiger partial charge in [-0.1, -0.05) is 18.2 Å². The molecule has 2 N–H and O–H groups in total. The Kier molecular flexibility index (Phi) is 4.04. The molecule has 1 saturated heterocycles. The van der Waals surface area contributed by atoms with Crippen LogP contribution in [0.4, 0.5) is 4.39 Å². The molecule has 2 aromatic heterocycles. The Morgan fingerprint density at radius 3 is 2.75 bits per heavy atom. The SMILES string of the molecule is O=c1c2nn(Cc3ccccc3F)c(C(O)CO)c2cnn1[C@@H]1[C@@H]2COC[C@@H]21. The van der Waals surface area contributed by atoms with E-state index in [4.69, 9.17) is 4.74 Å². The van der Waals surface area contributed by atoms with Gasteiger partial charge in [-0.25, -0.2) is 9.07 Å². The second kappa shape index (κ2) is 6.47.